The van der Waals surface area contributed by atoms with Gasteiger partial charge in [-0.05, 0) is 121 Å². The Morgan fingerprint density at radius 2 is 1.57 bits per heavy atom. The van der Waals surface area contributed by atoms with Gasteiger partial charge >= 0.3 is 0 Å². The Morgan fingerprint density at radius 3 is 2.23 bits per heavy atom. The highest BCUT2D eigenvalue weighted by Gasteiger charge is 2.56. The number of carbonyl (C=O) groups excluding carboxylic acids is 3. The summed E-state index contributed by atoms with van der Waals surface area (Å²) in [7, 11) is 0. The molecule has 1 saturated heterocycles. The van der Waals surface area contributed by atoms with E-state index in [-0.39, 0.29) is 62.7 Å². The van der Waals surface area contributed by atoms with Crippen molar-refractivity contribution in [3.05, 3.63) is 70.4 Å². The molecular formula is C53H76N4O11S. The number of aromatic hydroxyl groups is 1. The van der Waals surface area contributed by atoms with Crippen molar-refractivity contribution >= 4 is 29.1 Å². The number of carbonyl (C=O) groups is 3. The predicted molar refractivity (Wildman–Crippen MR) is 263 cm³/mol. The van der Waals surface area contributed by atoms with Gasteiger partial charge in [-0.3, -0.25) is 14.4 Å². The number of aliphatic hydroxyl groups is 2. The third-order valence-electron chi connectivity index (χ3n) is 15.2. The monoisotopic (exact) mass is 977 g/mol. The van der Waals surface area contributed by atoms with Gasteiger partial charge in [0.25, 0.3) is 0 Å². The van der Waals surface area contributed by atoms with Crippen LogP contribution < -0.4 is 10.6 Å². The number of β-amino-alcohol motifs (C(OH)–C–C–N with tert-alkyl or cyclic N) is 1. The normalized spacial score (nSPS) is 25.6. The fourth-order valence-electron chi connectivity index (χ4n) is 11.6. The number of phenols is 1. The second kappa shape index (κ2) is 25.4. The average Bonchev–Trinajstić information content (AvgIpc) is 4.04. The third kappa shape index (κ3) is 13.7. The van der Waals surface area contributed by atoms with Gasteiger partial charge < -0.3 is 54.5 Å². The zero-order valence-electron chi connectivity index (χ0n) is 41.1. The number of nitrogens with zero attached hydrogens (tertiary/aromatic N) is 2. The Hall–Kier alpha value is -4.00. The van der Waals surface area contributed by atoms with E-state index in [0.717, 1.165) is 73.1 Å². The van der Waals surface area contributed by atoms with Gasteiger partial charge in [0.2, 0.25) is 17.7 Å². The molecule has 0 spiro atoms. The van der Waals surface area contributed by atoms with E-state index in [9.17, 15) is 29.7 Å². The van der Waals surface area contributed by atoms with Crippen molar-refractivity contribution in [2.75, 3.05) is 72.6 Å². The summed E-state index contributed by atoms with van der Waals surface area (Å²) in [4.78, 5) is 46.7. The first kappa shape index (κ1) is 52.8. The van der Waals surface area contributed by atoms with Crippen LogP contribution in [0.4, 0.5) is 0 Å². The number of likely N-dealkylation sites (tertiary alicyclic amines) is 1. The molecule has 4 aliphatic rings. The summed E-state index contributed by atoms with van der Waals surface area (Å²) in [5.74, 6) is 1.04. The molecule has 3 amide bonds. The van der Waals surface area contributed by atoms with E-state index in [0.29, 0.717) is 75.7 Å². The van der Waals surface area contributed by atoms with E-state index in [1.807, 2.05) is 62.7 Å². The van der Waals surface area contributed by atoms with Crippen molar-refractivity contribution < 1.29 is 53.4 Å². The number of phenolic OH excluding ortho intramolecular Hbond substituents is 1. The maximum Gasteiger partial charge on any atom is 0.246 e. The van der Waals surface area contributed by atoms with Crippen LogP contribution >= 0.6 is 11.3 Å². The van der Waals surface area contributed by atoms with E-state index in [2.05, 4.69) is 28.6 Å². The molecule has 0 radical (unpaired) electrons. The van der Waals surface area contributed by atoms with Crippen molar-refractivity contribution in [2.45, 2.75) is 122 Å². The molecule has 69 heavy (non-hydrogen) atoms. The molecule has 1 aromatic heterocycles. The van der Waals surface area contributed by atoms with Gasteiger partial charge in [0.15, 0.2) is 0 Å². The van der Waals surface area contributed by atoms with Gasteiger partial charge in [0, 0.05) is 26.1 Å². The van der Waals surface area contributed by atoms with Crippen LogP contribution in [0.1, 0.15) is 100 Å². The molecule has 3 aliphatic carbocycles. The number of hydrogen-bond donors (Lipinski definition) is 5. The molecule has 2 saturated carbocycles. The van der Waals surface area contributed by atoms with Crippen molar-refractivity contribution in [2.24, 2.45) is 29.1 Å². The van der Waals surface area contributed by atoms with E-state index >= 15 is 0 Å². The number of amides is 3. The van der Waals surface area contributed by atoms with Gasteiger partial charge in [0.05, 0.1) is 81.1 Å². The molecule has 2 heterocycles. The van der Waals surface area contributed by atoms with Crippen LogP contribution in [0.3, 0.4) is 0 Å². The number of thiazole rings is 1. The lowest BCUT2D eigenvalue weighted by Crippen LogP contribution is -2.55. The molecule has 2 aromatic carbocycles. The van der Waals surface area contributed by atoms with Crippen LogP contribution in [-0.4, -0.2) is 140 Å². The maximum atomic E-state index is 13.7. The quantitative estimate of drug-likeness (QED) is 0.0595. The lowest BCUT2D eigenvalue weighted by atomic mass is 9.52. The molecule has 5 N–H and O–H groups in total. The second-order valence-corrected chi connectivity index (χ2v) is 21.0. The number of ether oxygens (including phenoxy) is 5. The summed E-state index contributed by atoms with van der Waals surface area (Å²) < 4.78 is 28.3. The van der Waals surface area contributed by atoms with Gasteiger partial charge in [-0.1, -0.05) is 57.5 Å². The van der Waals surface area contributed by atoms with Crippen molar-refractivity contribution in [1.82, 2.24) is 20.5 Å². The highest BCUT2D eigenvalue weighted by molar-refractivity contribution is 7.13. The van der Waals surface area contributed by atoms with Gasteiger partial charge in [-0.15, -0.1) is 11.3 Å². The van der Waals surface area contributed by atoms with Crippen LogP contribution in [0.15, 0.2) is 48.0 Å². The minimum absolute atomic E-state index is 0.000812. The number of aliphatic hydroxyl groups excluding tert-OH is 2. The van der Waals surface area contributed by atoms with Crippen molar-refractivity contribution in [3.8, 4) is 16.2 Å². The Kier molecular flexibility index (Phi) is 19.4. The van der Waals surface area contributed by atoms with Crippen molar-refractivity contribution in [3.63, 3.8) is 0 Å². The summed E-state index contributed by atoms with van der Waals surface area (Å²) in [6.07, 6.45) is 7.51. The molecule has 3 fully saturated rings. The molecule has 7 rings (SSSR count). The van der Waals surface area contributed by atoms with Crippen LogP contribution in [0, 0.1) is 36.0 Å². The summed E-state index contributed by atoms with van der Waals surface area (Å²) in [5.41, 5.74) is 7.50. The first-order valence-corrected chi connectivity index (χ1v) is 26.2. The Bertz CT molecular complexity index is 2120. The molecule has 16 heteroatoms. The smallest absolute Gasteiger partial charge is 0.246 e. The zero-order valence-corrected chi connectivity index (χ0v) is 41.9. The number of nitrogens with one attached hydrogen (secondary N) is 2. The van der Waals surface area contributed by atoms with E-state index in [4.69, 9.17) is 23.7 Å². The molecule has 9 atom stereocenters. The lowest BCUT2D eigenvalue weighted by Gasteiger charge is -2.53. The largest absolute Gasteiger partial charge is 0.508 e. The van der Waals surface area contributed by atoms with Crippen LogP contribution in [0.25, 0.3) is 10.4 Å². The summed E-state index contributed by atoms with van der Waals surface area (Å²) in [5, 5.41) is 37.4. The SMILES string of the molecule is Cc1ncsc1-c1ccc(CNC(=O)[C@@H]2C[C@@H](O)CN2C(=O)[C@@H](NC(=O)COCCOCCOCCOCCOCCCC[C@H]2Cc3cc(O)ccc3[C@H]3CC[C@]4(C)[C@@H](O)CC[C@H]4[C@H]23)C(C)C)cc1. The highest BCUT2D eigenvalue weighted by Crippen LogP contribution is 2.62. The van der Waals surface area contributed by atoms with E-state index in [1.54, 1.807) is 11.3 Å². The number of unbranched alkanes of at least 4 members (excludes halogenated alkanes) is 1. The number of fused-ring (bicyclic) bond motifs is 5. The number of aryl methyl sites for hydroxylation is 1. The van der Waals surface area contributed by atoms with Crippen LogP contribution in [0.5, 0.6) is 5.75 Å². The fourth-order valence-corrected chi connectivity index (χ4v) is 12.4. The second-order valence-electron chi connectivity index (χ2n) is 20.1. The van der Waals surface area contributed by atoms with Gasteiger partial charge in [-0.25, -0.2) is 4.98 Å². The first-order chi connectivity index (χ1) is 33.3. The van der Waals surface area contributed by atoms with E-state index < -0.39 is 30.0 Å². The fraction of sp³-hybridized carbons (Fsp3) is 0.660. The first-order valence-electron chi connectivity index (χ1n) is 25.3. The Balaban J connectivity index is 0.689. The number of aromatic nitrogens is 1. The van der Waals surface area contributed by atoms with Gasteiger partial charge in [0.1, 0.15) is 24.4 Å². The highest BCUT2D eigenvalue weighted by atomic mass is 32.1. The maximum absolute atomic E-state index is 13.7. The Labute approximate surface area is 412 Å². The van der Waals surface area contributed by atoms with E-state index in [1.165, 1.54) is 16.0 Å². The average molecular weight is 977 g/mol. The Morgan fingerprint density at radius 1 is 0.884 bits per heavy atom. The van der Waals surface area contributed by atoms with Crippen molar-refractivity contribution in [1.29, 1.82) is 0 Å². The number of benzene rings is 2. The zero-order chi connectivity index (χ0) is 48.9. The summed E-state index contributed by atoms with van der Waals surface area (Å²) >= 11 is 1.58. The standard InChI is InChI=1S/C53H76N4O11S/c1-34(2)49(52(63)57-31-41(59)29-45(57)51(62)54-30-36-8-10-37(11-9-36)50-35(3)55-33-69-50)56-47(61)32-68-26-25-67-24-23-66-22-21-65-20-19-64-18-6-5-7-38-27-39-28-40(58)12-13-42(39)43-16-17-53(4)44(48(38)43)14-15-46(53)60/h8-13,28,33-34,38,41,43-46,48-49,58-60H,5-7,14-27,29-32H2,1-4H3,(H,54,62)(H,56,61)/t38-,41+,43+,44-,45-,46-,48+,49-,53-/m0/s1. The molecule has 380 valence electrons. The molecule has 15 nitrogen and oxygen atoms in total. The lowest BCUT2D eigenvalue weighted by molar-refractivity contribution is -0.143. The topological polar surface area (TPSA) is 198 Å². The predicted octanol–water partition coefficient (Wildman–Crippen LogP) is 5.94. The van der Waals surface area contributed by atoms with Crippen LogP contribution in [0.2, 0.25) is 0 Å². The molecular weight excluding hydrogens is 901 g/mol. The van der Waals surface area contributed by atoms with Gasteiger partial charge in [-0.2, -0.15) is 0 Å². The van der Waals surface area contributed by atoms with Crippen LogP contribution in [-0.2, 0) is 51.0 Å². The minimum Gasteiger partial charge on any atom is -0.508 e. The minimum atomic E-state index is -0.902. The summed E-state index contributed by atoms with van der Waals surface area (Å²) in [6.45, 7) is 11.7. The molecule has 0 unspecified atom stereocenters. The third-order valence-corrected chi connectivity index (χ3v) is 16.2. The summed E-state index contributed by atoms with van der Waals surface area (Å²) in [6, 6.07) is 12.1. The molecule has 1 aliphatic heterocycles. The number of hydrogen-bond acceptors (Lipinski definition) is 13. The number of rotatable bonds is 26. The molecule has 0 bridgehead atoms. The molecule has 3 aromatic rings.